The third-order valence-electron chi connectivity index (χ3n) is 2.96. The van der Waals surface area contributed by atoms with Crippen LogP contribution in [0.15, 0.2) is 30.3 Å². The van der Waals surface area contributed by atoms with Crippen molar-refractivity contribution in [2.45, 2.75) is 39.5 Å². The Morgan fingerprint density at radius 2 is 1.94 bits per heavy atom. The molecule has 3 nitrogen and oxygen atoms in total. The summed E-state index contributed by atoms with van der Waals surface area (Å²) in [5.74, 6) is 0. The van der Waals surface area contributed by atoms with E-state index in [2.05, 4.69) is 55.7 Å². The van der Waals surface area contributed by atoms with Crippen LogP contribution in [0.25, 0.3) is 10.9 Å². The maximum Gasteiger partial charge on any atom is 0.0652 e. The monoisotopic (exact) mass is 246 g/mol. The predicted octanol–water partition coefficient (Wildman–Crippen LogP) is 2.92. The van der Waals surface area contributed by atoms with Crippen molar-refractivity contribution in [3.8, 4) is 0 Å². The molecule has 0 amide bonds. The van der Waals surface area contributed by atoms with Gasteiger partial charge in [-0.1, -0.05) is 18.2 Å². The van der Waals surface area contributed by atoms with Crippen molar-refractivity contribution in [2.75, 3.05) is 6.61 Å². The van der Waals surface area contributed by atoms with Crippen molar-refractivity contribution >= 4 is 10.9 Å². The topological polar surface area (TPSA) is 40.2 Å². The van der Waals surface area contributed by atoms with E-state index < -0.39 is 0 Å². The quantitative estimate of drug-likeness (QED) is 0.901. The van der Waals surface area contributed by atoms with E-state index in [0.717, 1.165) is 12.2 Å². The second kappa shape index (κ2) is 5.12. The summed E-state index contributed by atoms with van der Waals surface area (Å²) >= 11 is 0. The summed E-state index contributed by atoms with van der Waals surface area (Å²) in [4.78, 5) is 0. The molecule has 0 aliphatic heterocycles. The van der Waals surface area contributed by atoms with Gasteiger partial charge in [-0.2, -0.15) is 0 Å². The van der Waals surface area contributed by atoms with Crippen LogP contribution in [0.3, 0.4) is 0 Å². The minimum Gasteiger partial charge on any atom is -0.374 e. The number of rotatable bonds is 4. The summed E-state index contributed by atoms with van der Waals surface area (Å²) in [7, 11) is 0. The van der Waals surface area contributed by atoms with E-state index in [9.17, 15) is 0 Å². The van der Waals surface area contributed by atoms with Crippen molar-refractivity contribution in [3.63, 3.8) is 0 Å². The molecule has 3 heteroatoms. The van der Waals surface area contributed by atoms with Crippen LogP contribution in [-0.4, -0.2) is 16.8 Å². The second-order valence-corrected chi connectivity index (χ2v) is 5.51. The van der Waals surface area contributed by atoms with Crippen molar-refractivity contribution in [1.82, 2.24) is 4.57 Å². The first-order chi connectivity index (χ1) is 8.51. The molecule has 0 saturated heterocycles. The fraction of sp³-hybridized carbons (Fsp3) is 0.467. The van der Waals surface area contributed by atoms with Gasteiger partial charge in [-0.05, 0) is 38.3 Å². The van der Waals surface area contributed by atoms with E-state index in [1.807, 2.05) is 0 Å². The van der Waals surface area contributed by atoms with Gasteiger partial charge in [-0.25, -0.2) is 0 Å². The standard InChI is InChI=1S/C15H22N2O/c1-15(2,3)18-9-8-17-13(11-16)10-12-6-4-5-7-14(12)17/h4-7,10H,8-9,11,16H2,1-3H3. The summed E-state index contributed by atoms with van der Waals surface area (Å²) in [6, 6.07) is 10.5. The van der Waals surface area contributed by atoms with E-state index in [4.69, 9.17) is 10.5 Å². The maximum absolute atomic E-state index is 5.81. The van der Waals surface area contributed by atoms with E-state index in [0.29, 0.717) is 13.2 Å². The van der Waals surface area contributed by atoms with Gasteiger partial charge in [-0.15, -0.1) is 0 Å². The molecule has 2 N–H and O–H groups in total. The van der Waals surface area contributed by atoms with Gasteiger partial charge in [-0.3, -0.25) is 0 Å². The molecule has 0 aliphatic rings. The Bertz CT molecular complexity index is 523. The van der Waals surface area contributed by atoms with Crippen LogP contribution < -0.4 is 5.73 Å². The zero-order valence-corrected chi connectivity index (χ0v) is 11.4. The summed E-state index contributed by atoms with van der Waals surface area (Å²) in [6.45, 7) is 8.33. The second-order valence-electron chi connectivity index (χ2n) is 5.51. The Hall–Kier alpha value is -1.32. The van der Waals surface area contributed by atoms with Gasteiger partial charge in [0.25, 0.3) is 0 Å². The van der Waals surface area contributed by atoms with Crippen molar-refractivity contribution in [1.29, 1.82) is 0 Å². The maximum atomic E-state index is 5.81. The summed E-state index contributed by atoms with van der Waals surface area (Å²) < 4.78 is 8.04. The Morgan fingerprint density at radius 3 is 2.61 bits per heavy atom. The highest BCUT2D eigenvalue weighted by molar-refractivity contribution is 5.81. The lowest BCUT2D eigenvalue weighted by Gasteiger charge is -2.20. The Morgan fingerprint density at radius 1 is 1.22 bits per heavy atom. The summed E-state index contributed by atoms with van der Waals surface area (Å²) in [6.07, 6.45) is 0. The number of nitrogens with two attached hydrogens (primary N) is 1. The largest absolute Gasteiger partial charge is 0.374 e. The van der Waals surface area contributed by atoms with E-state index in [-0.39, 0.29) is 5.60 Å². The Kier molecular flexibility index (Phi) is 3.73. The smallest absolute Gasteiger partial charge is 0.0652 e. The van der Waals surface area contributed by atoms with E-state index in [1.54, 1.807) is 0 Å². The van der Waals surface area contributed by atoms with Crippen molar-refractivity contribution in [2.24, 2.45) is 5.73 Å². The third-order valence-corrected chi connectivity index (χ3v) is 2.96. The molecule has 1 aromatic carbocycles. The van der Waals surface area contributed by atoms with Gasteiger partial charge in [0.2, 0.25) is 0 Å². The molecule has 0 fully saturated rings. The molecule has 0 radical (unpaired) electrons. The molecule has 0 atom stereocenters. The third kappa shape index (κ3) is 2.92. The number of ether oxygens (including phenoxy) is 1. The minimum atomic E-state index is -0.0914. The summed E-state index contributed by atoms with van der Waals surface area (Å²) in [5.41, 5.74) is 8.11. The van der Waals surface area contributed by atoms with Gasteiger partial charge in [0.15, 0.2) is 0 Å². The van der Waals surface area contributed by atoms with Crippen LogP contribution in [0.4, 0.5) is 0 Å². The highest BCUT2D eigenvalue weighted by Gasteiger charge is 2.11. The molecule has 0 unspecified atom stereocenters. The van der Waals surface area contributed by atoms with Gasteiger partial charge in [0.05, 0.1) is 12.2 Å². The summed E-state index contributed by atoms with van der Waals surface area (Å²) in [5, 5.41) is 1.24. The lowest BCUT2D eigenvalue weighted by Crippen LogP contribution is -2.22. The van der Waals surface area contributed by atoms with Gasteiger partial charge >= 0.3 is 0 Å². The van der Waals surface area contributed by atoms with Crippen LogP contribution in [0.1, 0.15) is 26.5 Å². The molecular weight excluding hydrogens is 224 g/mol. The van der Waals surface area contributed by atoms with Crippen LogP contribution >= 0.6 is 0 Å². The highest BCUT2D eigenvalue weighted by Crippen LogP contribution is 2.19. The van der Waals surface area contributed by atoms with Crippen molar-refractivity contribution < 1.29 is 4.74 Å². The molecule has 18 heavy (non-hydrogen) atoms. The SMILES string of the molecule is CC(C)(C)OCCn1c(CN)cc2ccccc21. The predicted molar refractivity (Wildman–Crippen MR) is 75.5 cm³/mol. The fourth-order valence-corrected chi connectivity index (χ4v) is 2.14. The molecule has 2 aromatic rings. The number of aromatic nitrogens is 1. The number of para-hydroxylation sites is 1. The Balaban J connectivity index is 2.20. The number of nitrogens with zero attached hydrogens (tertiary/aromatic N) is 1. The number of fused-ring (bicyclic) bond motifs is 1. The van der Waals surface area contributed by atoms with Crippen LogP contribution in [0.5, 0.6) is 0 Å². The van der Waals surface area contributed by atoms with E-state index >= 15 is 0 Å². The number of benzene rings is 1. The highest BCUT2D eigenvalue weighted by atomic mass is 16.5. The normalized spacial score (nSPS) is 12.2. The lowest BCUT2D eigenvalue weighted by molar-refractivity contribution is -0.00665. The first-order valence-corrected chi connectivity index (χ1v) is 6.42. The van der Waals surface area contributed by atoms with Gasteiger partial charge in [0.1, 0.15) is 0 Å². The first kappa shape index (κ1) is 13.1. The van der Waals surface area contributed by atoms with Crippen LogP contribution in [-0.2, 0) is 17.8 Å². The lowest BCUT2D eigenvalue weighted by atomic mass is 10.2. The molecule has 2 rings (SSSR count). The zero-order valence-electron chi connectivity index (χ0n) is 11.4. The average Bonchev–Trinajstić information content (AvgIpc) is 2.66. The zero-order chi connectivity index (χ0) is 13.2. The Labute approximate surface area is 109 Å². The fourth-order valence-electron chi connectivity index (χ4n) is 2.14. The molecule has 0 aliphatic carbocycles. The average molecular weight is 246 g/mol. The molecular formula is C15H22N2O. The molecule has 0 spiro atoms. The number of hydrogen-bond acceptors (Lipinski definition) is 2. The molecule has 1 aromatic heterocycles. The van der Waals surface area contributed by atoms with Gasteiger partial charge in [0, 0.05) is 24.3 Å². The molecule has 1 heterocycles. The van der Waals surface area contributed by atoms with Crippen LogP contribution in [0.2, 0.25) is 0 Å². The molecule has 98 valence electrons. The molecule has 0 saturated carbocycles. The van der Waals surface area contributed by atoms with Gasteiger partial charge < -0.3 is 15.0 Å². The minimum absolute atomic E-state index is 0.0914. The van der Waals surface area contributed by atoms with Crippen LogP contribution in [0, 0.1) is 0 Å². The first-order valence-electron chi connectivity index (χ1n) is 6.42. The van der Waals surface area contributed by atoms with Crippen molar-refractivity contribution in [3.05, 3.63) is 36.0 Å². The molecule has 0 bridgehead atoms. The number of hydrogen-bond donors (Lipinski definition) is 1. The van der Waals surface area contributed by atoms with E-state index in [1.165, 1.54) is 10.9 Å².